The smallest absolute Gasteiger partial charge is 0.293 e. The number of carbonyl (C=O) groups is 2. The van der Waals surface area contributed by atoms with Gasteiger partial charge in [-0.25, -0.2) is 9.97 Å². The highest BCUT2D eigenvalue weighted by molar-refractivity contribution is 7.14. The van der Waals surface area contributed by atoms with Gasteiger partial charge in [0.15, 0.2) is 5.13 Å². The third kappa shape index (κ3) is 4.53. The zero-order valence-electron chi connectivity index (χ0n) is 19.2. The van der Waals surface area contributed by atoms with E-state index in [0.29, 0.717) is 29.5 Å². The first-order valence-corrected chi connectivity index (χ1v) is 12.1. The molecule has 5 rings (SSSR count). The number of carbonyl (C=O) groups excluding carboxylic acids is 2. The number of hydrogen-bond acceptors (Lipinski definition) is 9. The van der Waals surface area contributed by atoms with Crippen LogP contribution in [-0.2, 0) is 9.53 Å². The third-order valence-corrected chi connectivity index (χ3v) is 6.65. The number of aryl methyl sites for hydroxylation is 1. The zero-order valence-corrected chi connectivity index (χ0v) is 20.0. The number of nitrogens with one attached hydrogen (secondary N) is 1. The van der Waals surface area contributed by atoms with Crippen LogP contribution in [0.15, 0.2) is 34.2 Å². The highest BCUT2D eigenvalue weighted by Crippen LogP contribution is 2.28. The molecule has 34 heavy (non-hydrogen) atoms. The van der Waals surface area contributed by atoms with Crippen molar-refractivity contribution in [2.24, 2.45) is 0 Å². The summed E-state index contributed by atoms with van der Waals surface area (Å²) in [5.41, 5.74) is 2.05. The van der Waals surface area contributed by atoms with Crippen molar-refractivity contribution >= 4 is 34.1 Å². The van der Waals surface area contributed by atoms with Crippen LogP contribution >= 0.6 is 11.3 Å². The van der Waals surface area contributed by atoms with Crippen LogP contribution in [0.2, 0.25) is 0 Å². The molecule has 0 aromatic carbocycles. The summed E-state index contributed by atoms with van der Waals surface area (Å²) in [7, 11) is 0. The molecule has 0 bridgehead atoms. The van der Waals surface area contributed by atoms with Gasteiger partial charge in [-0.05, 0) is 39.3 Å². The second kappa shape index (κ2) is 9.15. The van der Waals surface area contributed by atoms with E-state index in [-0.39, 0.29) is 29.8 Å². The van der Waals surface area contributed by atoms with E-state index in [1.54, 1.807) is 13.0 Å². The van der Waals surface area contributed by atoms with Gasteiger partial charge in [0.1, 0.15) is 17.6 Å². The number of rotatable bonds is 5. The number of likely N-dealkylation sites (tertiary alicyclic amines) is 1. The maximum Gasteiger partial charge on any atom is 0.293 e. The number of anilines is 2. The minimum absolute atomic E-state index is 0.140. The average Bonchev–Trinajstić information content (AvgIpc) is 3.41. The first-order valence-electron chi connectivity index (χ1n) is 11.3. The molecule has 0 unspecified atom stereocenters. The van der Waals surface area contributed by atoms with Crippen molar-refractivity contribution in [3.05, 3.63) is 41.1 Å². The highest BCUT2D eigenvalue weighted by atomic mass is 32.1. The number of thiazole rings is 1. The first-order chi connectivity index (χ1) is 16.4. The molecule has 178 valence electrons. The summed E-state index contributed by atoms with van der Waals surface area (Å²) in [6.07, 6.45) is 0.866. The fraction of sp³-hybridized carbons (Fsp3) is 0.435. The van der Waals surface area contributed by atoms with Gasteiger partial charge in [-0.1, -0.05) is 11.2 Å². The van der Waals surface area contributed by atoms with Crippen LogP contribution in [0.25, 0.3) is 11.4 Å². The molecule has 2 amide bonds. The molecule has 11 heteroatoms. The van der Waals surface area contributed by atoms with Crippen molar-refractivity contribution < 1.29 is 18.8 Å². The SMILES string of the molecule is Cc1cc(C(=O)N2CC[C@H]2C(=O)Nc2nc(-c3cccc(N4C[C@@H](C)O[C@@H](C)C4)n3)cs2)on1. The minimum Gasteiger partial charge on any atom is -0.372 e. The van der Waals surface area contributed by atoms with E-state index in [1.807, 2.05) is 23.6 Å². The van der Waals surface area contributed by atoms with Gasteiger partial charge in [0.2, 0.25) is 11.7 Å². The van der Waals surface area contributed by atoms with E-state index >= 15 is 0 Å². The fourth-order valence-electron chi connectivity index (χ4n) is 4.25. The van der Waals surface area contributed by atoms with Gasteiger partial charge < -0.3 is 24.4 Å². The van der Waals surface area contributed by atoms with E-state index in [1.165, 1.54) is 16.2 Å². The largest absolute Gasteiger partial charge is 0.372 e. The second-order valence-electron chi connectivity index (χ2n) is 8.71. The van der Waals surface area contributed by atoms with Crippen molar-refractivity contribution in [2.45, 2.75) is 45.4 Å². The van der Waals surface area contributed by atoms with Crippen LogP contribution in [0.3, 0.4) is 0 Å². The van der Waals surface area contributed by atoms with Crippen LogP contribution in [-0.4, -0.2) is 69.7 Å². The van der Waals surface area contributed by atoms with Crippen molar-refractivity contribution in [1.29, 1.82) is 0 Å². The molecule has 2 aliphatic rings. The van der Waals surface area contributed by atoms with Gasteiger partial charge in [-0.3, -0.25) is 9.59 Å². The first kappa shape index (κ1) is 22.5. The number of aromatic nitrogens is 3. The normalized spacial score (nSPS) is 22.4. The summed E-state index contributed by atoms with van der Waals surface area (Å²) >= 11 is 1.33. The number of amides is 2. The van der Waals surface area contributed by atoms with Crippen molar-refractivity contribution in [3.63, 3.8) is 0 Å². The predicted octanol–water partition coefficient (Wildman–Crippen LogP) is 2.97. The molecular weight excluding hydrogens is 456 g/mol. The standard InChI is InChI=1S/C23H26N6O4S/c1-13-9-19(33-27-13)22(31)29-8-7-18(29)21(30)26-23-25-17(12-34-23)16-5-4-6-20(24-16)28-10-14(2)32-15(3)11-28/h4-6,9,12,14-15,18H,7-8,10-11H2,1-3H3,(H,25,26,30)/t14-,15+,18-/m0/s1. The Balaban J connectivity index is 1.25. The van der Waals surface area contributed by atoms with Gasteiger partial charge in [0.25, 0.3) is 5.91 Å². The summed E-state index contributed by atoms with van der Waals surface area (Å²) in [6.45, 7) is 7.92. The van der Waals surface area contributed by atoms with Gasteiger partial charge >= 0.3 is 0 Å². The van der Waals surface area contributed by atoms with Crippen LogP contribution in [0.4, 0.5) is 10.9 Å². The monoisotopic (exact) mass is 482 g/mol. The molecule has 2 aliphatic heterocycles. The maximum atomic E-state index is 12.8. The molecule has 0 saturated carbocycles. The Morgan fingerprint density at radius 2 is 1.94 bits per heavy atom. The molecule has 10 nitrogen and oxygen atoms in total. The van der Waals surface area contributed by atoms with Crippen molar-refractivity contribution in [2.75, 3.05) is 29.9 Å². The summed E-state index contributed by atoms with van der Waals surface area (Å²) in [6, 6.07) is 6.87. The average molecular weight is 483 g/mol. The minimum atomic E-state index is -0.558. The number of morpholine rings is 1. The third-order valence-electron chi connectivity index (χ3n) is 5.90. The molecule has 2 saturated heterocycles. The molecule has 0 radical (unpaired) electrons. The lowest BCUT2D eigenvalue weighted by molar-refractivity contribution is -0.123. The Morgan fingerprint density at radius 3 is 2.62 bits per heavy atom. The molecule has 3 aromatic heterocycles. The van der Waals surface area contributed by atoms with Crippen LogP contribution < -0.4 is 10.2 Å². The van der Waals surface area contributed by atoms with Crippen molar-refractivity contribution in [3.8, 4) is 11.4 Å². The van der Waals surface area contributed by atoms with Crippen LogP contribution in [0.5, 0.6) is 0 Å². The predicted molar refractivity (Wildman–Crippen MR) is 127 cm³/mol. The molecule has 5 heterocycles. The fourth-order valence-corrected chi connectivity index (χ4v) is 4.96. The topological polar surface area (TPSA) is 114 Å². The summed E-state index contributed by atoms with van der Waals surface area (Å²) < 4.78 is 10.9. The van der Waals surface area contributed by atoms with Gasteiger partial charge in [-0.2, -0.15) is 0 Å². The quantitative estimate of drug-likeness (QED) is 0.590. The Hall–Kier alpha value is -3.31. The lowest BCUT2D eigenvalue weighted by Gasteiger charge is -2.38. The number of pyridine rings is 1. The van der Waals surface area contributed by atoms with E-state index in [4.69, 9.17) is 14.2 Å². The molecule has 2 fully saturated rings. The lowest BCUT2D eigenvalue weighted by atomic mass is 10.0. The Labute approximate surface area is 200 Å². The Morgan fingerprint density at radius 1 is 1.15 bits per heavy atom. The van der Waals surface area contributed by atoms with Crippen molar-refractivity contribution in [1.82, 2.24) is 20.0 Å². The molecule has 0 aliphatic carbocycles. The molecule has 3 aromatic rings. The van der Waals surface area contributed by atoms with Gasteiger partial charge in [0.05, 0.1) is 23.6 Å². The van der Waals surface area contributed by atoms with E-state index < -0.39 is 6.04 Å². The van der Waals surface area contributed by atoms with E-state index in [2.05, 4.69) is 34.2 Å². The zero-order chi connectivity index (χ0) is 23.8. The number of hydrogen-bond donors (Lipinski definition) is 1. The van der Waals surface area contributed by atoms with E-state index in [9.17, 15) is 9.59 Å². The van der Waals surface area contributed by atoms with E-state index in [0.717, 1.165) is 24.6 Å². The summed E-state index contributed by atoms with van der Waals surface area (Å²) in [5, 5.41) is 8.92. The highest BCUT2D eigenvalue weighted by Gasteiger charge is 2.39. The second-order valence-corrected chi connectivity index (χ2v) is 9.56. The summed E-state index contributed by atoms with van der Waals surface area (Å²) in [5.74, 6) is 0.417. The number of nitrogens with zero attached hydrogens (tertiary/aromatic N) is 5. The van der Waals surface area contributed by atoms with Crippen LogP contribution in [0, 0.1) is 6.92 Å². The Bertz CT molecular complexity index is 1200. The van der Waals surface area contributed by atoms with Gasteiger partial charge in [-0.15, -0.1) is 11.3 Å². The molecular formula is C23H26N6O4S. The molecule has 1 N–H and O–H groups in total. The molecule has 0 spiro atoms. The lowest BCUT2D eigenvalue weighted by Crippen LogP contribution is -2.56. The maximum absolute atomic E-state index is 12.8. The summed E-state index contributed by atoms with van der Waals surface area (Å²) in [4.78, 5) is 38.4. The number of ether oxygens (including phenoxy) is 1. The van der Waals surface area contributed by atoms with Gasteiger partial charge in [0, 0.05) is 31.1 Å². The molecule has 3 atom stereocenters. The Kier molecular flexibility index (Phi) is 6.05. The van der Waals surface area contributed by atoms with Crippen LogP contribution in [0.1, 0.15) is 36.5 Å².